The van der Waals surface area contributed by atoms with E-state index in [4.69, 9.17) is 0 Å². The average molecular weight is 310 g/mol. The van der Waals surface area contributed by atoms with E-state index >= 15 is 0 Å². The second-order valence-electron chi connectivity index (χ2n) is 3.72. The summed E-state index contributed by atoms with van der Waals surface area (Å²) < 4.78 is 0.731. The summed E-state index contributed by atoms with van der Waals surface area (Å²) in [4.78, 5) is 18.6. The maximum Gasteiger partial charge on any atom is 0.262 e. The van der Waals surface area contributed by atoms with Crippen LogP contribution in [0.2, 0.25) is 0 Å². The molecule has 1 aromatic carbocycles. The third-order valence-corrected chi connectivity index (χ3v) is 3.13. The molecule has 0 atom stereocenters. The molecule has 0 saturated heterocycles. The molecule has 2 rings (SSSR count). The van der Waals surface area contributed by atoms with Gasteiger partial charge in [0, 0.05) is 10.0 Å². The molecular weight excluding hydrogens is 298 g/mol. The van der Waals surface area contributed by atoms with Gasteiger partial charge in [-0.25, -0.2) is 0 Å². The fourth-order valence-electron chi connectivity index (χ4n) is 1.66. The van der Waals surface area contributed by atoms with Gasteiger partial charge in [0.15, 0.2) is 0 Å². The molecule has 6 heteroatoms. The molecule has 1 aromatic heterocycles. The van der Waals surface area contributed by atoms with Gasteiger partial charge in [-0.1, -0.05) is 34.1 Å². The van der Waals surface area contributed by atoms with Gasteiger partial charge in [0.2, 0.25) is 5.88 Å². The van der Waals surface area contributed by atoms with Gasteiger partial charge in [-0.3, -0.25) is 4.79 Å². The van der Waals surface area contributed by atoms with Crippen LogP contribution >= 0.6 is 15.9 Å². The minimum absolute atomic E-state index is 0.169. The van der Waals surface area contributed by atoms with E-state index in [2.05, 4.69) is 31.2 Å². The lowest BCUT2D eigenvalue weighted by molar-refractivity contribution is 0.449. The fraction of sp³-hybridized carbons (Fsp3) is 0.167. The lowest BCUT2D eigenvalue weighted by Crippen LogP contribution is -2.18. The average Bonchev–Trinajstić information content (AvgIpc) is 2.31. The zero-order valence-electron chi connectivity index (χ0n) is 9.70. The van der Waals surface area contributed by atoms with Gasteiger partial charge in [-0.15, -0.1) is 0 Å². The van der Waals surface area contributed by atoms with E-state index in [9.17, 15) is 9.90 Å². The van der Waals surface area contributed by atoms with Crippen molar-refractivity contribution >= 4 is 15.9 Å². The molecule has 5 nitrogen and oxygen atoms in total. The number of nitrogens with zero attached hydrogens (tertiary/aromatic N) is 1. The van der Waals surface area contributed by atoms with Gasteiger partial charge in [-0.2, -0.15) is 4.98 Å². The van der Waals surface area contributed by atoms with Crippen molar-refractivity contribution in [2.75, 3.05) is 7.05 Å². The van der Waals surface area contributed by atoms with Crippen molar-refractivity contribution in [2.45, 2.75) is 6.54 Å². The van der Waals surface area contributed by atoms with Crippen LogP contribution in [-0.2, 0) is 6.54 Å². The molecular formula is C12H12BrN3O2. The van der Waals surface area contributed by atoms with Crippen LogP contribution in [0.4, 0.5) is 0 Å². The summed E-state index contributed by atoms with van der Waals surface area (Å²) in [5.41, 5.74) is 0.418. The van der Waals surface area contributed by atoms with Gasteiger partial charge >= 0.3 is 0 Å². The van der Waals surface area contributed by atoms with Crippen LogP contribution in [0.25, 0.3) is 11.1 Å². The second-order valence-corrected chi connectivity index (χ2v) is 4.58. The molecule has 0 radical (unpaired) electrons. The van der Waals surface area contributed by atoms with Crippen molar-refractivity contribution in [3.8, 4) is 17.0 Å². The van der Waals surface area contributed by atoms with E-state index in [0.29, 0.717) is 17.9 Å². The van der Waals surface area contributed by atoms with Crippen molar-refractivity contribution in [1.82, 2.24) is 15.3 Å². The summed E-state index contributed by atoms with van der Waals surface area (Å²) in [6.07, 6.45) is 0. The molecule has 18 heavy (non-hydrogen) atoms. The van der Waals surface area contributed by atoms with E-state index in [1.54, 1.807) is 25.2 Å². The zero-order chi connectivity index (χ0) is 13.1. The Hall–Kier alpha value is -1.66. The highest BCUT2D eigenvalue weighted by molar-refractivity contribution is 9.10. The Morgan fingerprint density at radius 3 is 2.78 bits per heavy atom. The van der Waals surface area contributed by atoms with Crippen LogP contribution in [0.15, 0.2) is 33.5 Å². The molecule has 0 fully saturated rings. The molecule has 0 amide bonds. The smallest absolute Gasteiger partial charge is 0.262 e. The number of hydrogen-bond acceptors (Lipinski definition) is 4. The molecule has 94 valence electrons. The zero-order valence-corrected chi connectivity index (χ0v) is 11.3. The Balaban J connectivity index is 2.60. The van der Waals surface area contributed by atoms with Gasteiger partial charge in [-0.05, 0) is 13.1 Å². The summed E-state index contributed by atoms with van der Waals surface area (Å²) >= 11 is 3.35. The Labute approximate surface area is 112 Å². The van der Waals surface area contributed by atoms with Crippen LogP contribution < -0.4 is 10.9 Å². The van der Waals surface area contributed by atoms with Gasteiger partial charge in [0.25, 0.3) is 5.56 Å². The first-order valence-electron chi connectivity index (χ1n) is 5.35. The predicted octanol–water partition coefficient (Wildman–Crippen LogP) is 1.62. The van der Waals surface area contributed by atoms with Crippen LogP contribution in [0, 0.1) is 0 Å². The molecule has 0 spiro atoms. The molecule has 1 heterocycles. The summed E-state index contributed by atoms with van der Waals surface area (Å²) in [5.74, 6) is 0.131. The SMILES string of the molecule is CNCc1nc(O)c(-c2ccccc2Br)c(=O)[nH]1. The summed E-state index contributed by atoms with van der Waals surface area (Å²) in [5, 5.41) is 12.8. The summed E-state index contributed by atoms with van der Waals surface area (Å²) in [7, 11) is 1.73. The molecule has 0 aliphatic rings. The maximum atomic E-state index is 12.0. The number of nitrogens with one attached hydrogen (secondary N) is 2. The van der Waals surface area contributed by atoms with Crippen molar-refractivity contribution < 1.29 is 5.11 Å². The standard InChI is InChI=1S/C12H12BrN3O2/c1-14-6-9-15-11(17)10(12(18)16-9)7-4-2-3-5-8(7)13/h2-5,14H,6H2,1H3,(H2,15,16,17,18). The van der Waals surface area contributed by atoms with Crippen LogP contribution in [0.3, 0.4) is 0 Å². The topological polar surface area (TPSA) is 78.0 Å². The third kappa shape index (κ3) is 2.44. The highest BCUT2D eigenvalue weighted by Gasteiger charge is 2.14. The first-order valence-corrected chi connectivity index (χ1v) is 6.14. The van der Waals surface area contributed by atoms with Crippen LogP contribution in [0.1, 0.15) is 5.82 Å². The lowest BCUT2D eigenvalue weighted by atomic mass is 10.1. The summed E-state index contributed by atoms with van der Waals surface area (Å²) in [6.45, 7) is 0.388. The monoisotopic (exact) mass is 309 g/mol. The van der Waals surface area contributed by atoms with Gasteiger partial charge in [0.1, 0.15) is 11.4 Å². The number of aromatic amines is 1. The third-order valence-electron chi connectivity index (χ3n) is 2.44. The first-order chi connectivity index (χ1) is 8.63. The number of benzene rings is 1. The Kier molecular flexibility index (Phi) is 3.78. The first kappa shape index (κ1) is 12.8. The molecule has 0 bridgehead atoms. The van der Waals surface area contributed by atoms with Gasteiger partial charge < -0.3 is 15.4 Å². The Bertz CT molecular complexity index is 625. The van der Waals surface area contributed by atoms with Crippen molar-refractivity contribution in [3.63, 3.8) is 0 Å². The lowest BCUT2D eigenvalue weighted by Gasteiger charge is -2.07. The van der Waals surface area contributed by atoms with Gasteiger partial charge in [0.05, 0.1) is 6.54 Å². The van der Waals surface area contributed by atoms with Crippen molar-refractivity contribution in [3.05, 3.63) is 44.9 Å². The molecule has 0 aliphatic heterocycles. The van der Waals surface area contributed by atoms with Crippen molar-refractivity contribution in [1.29, 1.82) is 0 Å². The normalized spacial score (nSPS) is 10.6. The minimum atomic E-state index is -0.361. The van der Waals surface area contributed by atoms with Crippen LogP contribution in [-0.4, -0.2) is 22.1 Å². The highest BCUT2D eigenvalue weighted by Crippen LogP contribution is 2.29. The maximum absolute atomic E-state index is 12.0. The largest absolute Gasteiger partial charge is 0.493 e. The Morgan fingerprint density at radius 1 is 1.44 bits per heavy atom. The predicted molar refractivity (Wildman–Crippen MR) is 72.4 cm³/mol. The summed E-state index contributed by atoms with van der Waals surface area (Å²) in [6, 6.07) is 7.17. The molecule has 0 aliphatic carbocycles. The molecule has 3 N–H and O–H groups in total. The number of aromatic hydroxyl groups is 1. The molecule has 0 saturated carbocycles. The van der Waals surface area contributed by atoms with E-state index in [1.807, 2.05) is 6.07 Å². The number of H-pyrrole nitrogens is 1. The quantitative estimate of drug-likeness (QED) is 0.805. The fourth-order valence-corrected chi connectivity index (χ4v) is 2.15. The molecule has 0 unspecified atom stereocenters. The van der Waals surface area contributed by atoms with E-state index < -0.39 is 0 Å². The second kappa shape index (κ2) is 5.32. The Morgan fingerprint density at radius 2 is 2.17 bits per heavy atom. The minimum Gasteiger partial charge on any atom is -0.493 e. The number of aromatic nitrogens is 2. The number of hydrogen-bond donors (Lipinski definition) is 3. The molecule has 2 aromatic rings. The van der Waals surface area contributed by atoms with Crippen LogP contribution in [0.5, 0.6) is 5.88 Å². The van der Waals surface area contributed by atoms with E-state index in [1.165, 1.54) is 0 Å². The number of halogens is 1. The highest BCUT2D eigenvalue weighted by atomic mass is 79.9. The van der Waals surface area contributed by atoms with E-state index in [0.717, 1.165) is 4.47 Å². The van der Waals surface area contributed by atoms with E-state index in [-0.39, 0.29) is 17.0 Å². The van der Waals surface area contributed by atoms with Crippen molar-refractivity contribution in [2.24, 2.45) is 0 Å². The number of rotatable bonds is 3.